The summed E-state index contributed by atoms with van der Waals surface area (Å²) < 4.78 is 3.27. The number of nitrogens with two attached hydrogens (primary N) is 1. The minimum absolute atomic E-state index is 0.0975. The van der Waals surface area contributed by atoms with Crippen LogP contribution >= 0.6 is 31.9 Å². The average molecular weight is 593 g/mol. The van der Waals surface area contributed by atoms with Gasteiger partial charge in [-0.25, -0.2) is 4.79 Å². The number of aromatic amines is 1. The Morgan fingerprint density at radius 2 is 1.82 bits per heavy atom. The summed E-state index contributed by atoms with van der Waals surface area (Å²) in [5.41, 5.74) is 9.25. The van der Waals surface area contributed by atoms with Crippen molar-refractivity contribution in [3.8, 4) is 0 Å². The minimum Gasteiger partial charge on any atom is -0.397 e. The van der Waals surface area contributed by atoms with Gasteiger partial charge < -0.3 is 20.9 Å². The van der Waals surface area contributed by atoms with Crippen LogP contribution in [0.25, 0.3) is 11.0 Å². The van der Waals surface area contributed by atoms with Gasteiger partial charge in [0.25, 0.3) is 0 Å². The highest BCUT2D eigenvalue weighted by Gasteiger charge is 2.24. The van der Waals surface area contributed by atoms with Gasteiger partial charge in [-0.15, -0.1) is 0 Å². The fourth-order valence-electron chi connectivity index (χ4n) is 4.53. The van der Waals surface area contributed by atoms with Crippen LogP contribution in [-0.4, -0.2) is 45.8 Å². The number of benzene rings is 2. The molecule has 1 aliphatic rings. The van der Waals surface area contributed by atoms with E-state index in [1.54, 1.807) is 18.2 Å². The molecule has 0 unspecified atom stereocenters. The number of likely N-dealkylation sites (tertiary alicyclic amines) is 1. The molecule has 180 valence electrons. The van der Waals surface area contributed by atoms with E-state index in [1.807, 2.05) is 16.7 Å². The first-order valence-corrected chi connectivity index (χ1v) is 12.8. The first-order chi connectivity index (χ1) is 16.2. The normalized spacial score (nSPS) is 15.0. The van der Waals surface area contributed by atoms with E-state index in [1.165, 1.54) is 6.92 Å². The second kappa shape index (κ2) is 10.5. The second-order valence-corrected chi connectivity index (χ2v) is 10.4. The number of H-pyrrole nitrogens is 1. The Balaban J connectivity index is 1.32. The molecule has 1 amide bonds. The topological polar surface area (TPSA) is 113 Å². The van der Waals surface area contributed by atoms with Crippen LogP contribution < -0.4 is 16.7 Å². The number of nitrogens with one attached hydrogen (secondary N) is 2. The highest BCUT2D eigenvalue weighted by Crippen LogP contribution is 2.30. The van der Waals surface area contributed by atoms with E-state index in [2.05, 4.69) is 47.1 Å². The third-order valence-electron chi connectivity index (χ3n) is 6.24. The first-order valence-electron chi connectivity index (χ1n) is 11.2. The SMILES string of the molecule is CC(=O)Nc1ccc2c(c1)[nH]c(=O)n2C1CCN(CCCC(=O)c2cc(Br)c(N)c(Br)c2)CC1. The number of hydrogen-bond acceptors (Lipinski definition) is 5. The zero-order valence-corrected chi connectivity index (χ0v) is 22.0. The molecule has 0 bridgehead atoms. The number of ketones is 1. The van der Waals surface area contributed by atoms with Gasteiger partial charge in [0, 0.05) is 52.7 Å². The predicted molar refractivity (Wildman–Crippen MR) is 141 cm³/mol. The molecule has 0 spiro atoms. The third-order valence-corrected chi connectivity index (χ3v) is 7.55. The summed E-state index contributed by atoms with van der Waals surface area (Å²) >= 11 is 6.78. The van der Waals surface area contributed by atoms with Crippen LogP contribution in [0.5, 0.6) is 0 Å². The summed E-state index contributed by atoms with van der Waals surface area (Å²) in [5, 5.41) is 2.75. The van der Waals surface area contributed by atoms with Crippen molar-refractivity contribution >= 4 is 66.0 Å². The highest BCUT2D eigenvalue weighted by atomic mass is 79.9. The molecule has 3 aromatic rings. The number of nitrogens with zero attached hydrogens (tertiary/aromatic N) is 2. The molecule has 0 atom stereocenters. The smallest absolute Gasteiger partial charge is 0.326 e. The Hall–Kier alpha value is -2.43. The molecule has 2 heterocycles. The van der Waals surface area contributed by atoms with Gasteiger partial charge in [0.15, 0.2) is 5.78 Å². The van der Waals surface area contributed by atoms with Crippen molar-refractivity contribution in [3.05, 3.63) is 55.3 Å². The maximum atomic E-state index is 12.7. The van der Waals surface area contributed by atoms with Crippen molar-refractivity contribution in [1.82, 2.24) is 14.5 Å². The Morgan fingerprint density at radius 3 is 2.47 bits per heavy atom. The molecule has 1 aromatic heterocycles. The number of imidazole rings is 1. The average Bonchev–Trinajstić information content (AvgIpc) is 3.12. The molecule has 1 saturated heterocycles. The lowest BCUT2D eigenvalue weighted by Gasteiger charge is -2.32. The lowest BCUT2D eigenvalue weighted by atomic mass is 10.0. The van der Waals surface area contributed by atoms with Crippen LogP contribution in [0.1, 0.15) is 49.0 Å². The van der Waals surface area contributed by atoms with Gasteiger partial charge in [-0.05, 0) is 88.0 Å². The Kier molecular flexibility index (Phi) is 7.59. The quantitative estimate of drug-likeness (QED) is 0.272. The van der Waals surface area contributed by atoms with Crippen molar-refractivity contribution < 1.29 is 9.59 Å². The van der Waals surface area contributed by atoms with E-state index >= 15 is 0 Å². The second-order valence-electron chi connectivity index (χ2n) is 8.67. The van der Waals surface area contributed by atoms with Crippen LogP contribution in [0.15, 0.2) is 44.1 Å². The number of Topliss-reactive ketones (excluding diaryl/α,β-unsaturated/α-hetero) is 1. The van der Waals surface area contributed by atoms with E-state index in [-0.39, 0.29) is 23.4 Å². The van der Waals surface area contributed by atoms with Gasteiger partial charge in [-0.1, -0.05) is 0 Å². The largest absolute Gasteiger partial charge is 0.397 e. The zero-order valence-electron chi connectivity index (χ0n) is 18.9. The maximum Gasteiger partial charge on any atom is 0.326 e. The third kappa shape index (κ3) is 5.45. The van der Waals surface area contributed by atoms with Crippen LogP contribution in [0.3, 0.4) is 0 Å². The van der Waals surface area contributed by atoms with Crippen molar-refractivity contribution in [1.29, 1.82) is 0 Å². The van der Waals surface area contributed by atoms with Crippen LogP contribution in [0.4, 0.5) is 11.4 Å². The first kappa shape index (κ1) is 24.7. The molecule has 4 rings (SSSR count). The molecule has 0 aliphatic carbocycles. The number of carbonyl (C=O) groups is 2. The molecule has 0 saturated carbocycles. The Morgan fingerprint density at radius 1 is 1.15 bits per heavy atom. The standard InChI is InChI=1S/C24H27Br2N5O3/c1-14(32)28-16-4-5-21-20(13-16)29-24(34)31(21)17-6-9-30(10-7-17)8-2-3-22(33)15-11-18(25)23(27)19(26)12-15/h4-5,11-13,17H,2-3,6-10,27H2,1H3,(H,28,32)(H,29,34). The fraction of sp³-hybridized carbons (Fsp3) is 0.375. The Bertz CT molecular complexity index is 1270. The number of anilines is 2. The molecular formula is C24H27Br2N5O3. The van der Waals surface area contributed by atoms with Gasteiger partial charge in [-0.2, -0.15) is 0 Å². The monoisotopic (exact) mass is 591 g/mol. The number of fused-ring (bicyclic) bond motifs is 1. The maximum absolute atomic E-state index is 12.7. The number of nitrogen functional groups attached to an aromatic ring is 1. The number of aromatic nitrogens is 2. The molecule has 1 fully saturated rings. The molecule has 1 aliphatic heterocycles. The van der Waals surface area contributed by atoms with Crippen LogP contribution in [0.2, 0.25) is 0 Å². The molecule has 34 heavy (non-hydrogen) atoms. The summed E-state index contributed by atoms with van der Waals surface area (Å²) in [6.07, 6.45) is 2.99. The molecule has 2 aromatic carbocycles. The van der Waals surface area contributed by atoms with Gasteiger partial charge in [0.2, 0.25) is 5.91 Å². The summed E-state index contributed by atoms with van der Waals surface area (Å²) in [7, 11) is 0. The minimum atomic E-state index is -0.149. The molecule has 10 heteroatoms. The number of rotatable bonds is 7. The lowest BCUT2D eigenvalue weighted by molar-refractivity contribution is -0.114. The lowest BCUT2D eigenvalue weighted by Crippen LogP contribution is -2.37. The number of hydrogen-bond donors (Lipinski definition) is 3. The molecule has 8 nitrogen and oxygen atoms in total. The number of amides is 1. The summed E-state index contributed by atoms with van der Waals surface area (Å²) in [5.74, 6) is -0.0512. The van der Waals surface area contributed by atoms with Crippen molar-refractivity contribution in [2.24, 2.45) is 0 Å². The predicted octanol–water partition coefficient (Wildman–Crippen LogP) is 4.70. The summed E-state index contributed by atoms with van der Waals surface area (Å²) in [6.45, 7) is 4.05. The van der Waals surface area contributed by atoms with Gasteiger partial charge >= 0.3 is 5.69 Å². The fourth-order valence-corrected chi connectivity index (χ4v) is 5.72. The van der Waals surface area contributed by atoms with Gasteiger partial charge in [0.1, 0.15) is 0 Å². The van der Waals surface area contributed by atoms with Crippen LogP contribution in [-0.2, 0) is 4.79 Å². The summed E-state index contributed by atoms with van der Waals surface area (Å²) in [4.78, 5) is 41.8. The molecule has 0 radical (unpaired) electrons. The van der Waals surface area contributed by atoms with E-state index < -0.39 is 0 Å². The van der Waals surface area contributed by atoms with E-state index in [0.717, 1.165) is 49.9 Å². The highest BCUT2D eigenvalue weighted by molar-refractivity contribution is 9.11. The van der Waals surface area contributed by atoms with Gasteiger partial charge in [-0.3, -0.25) is 14.2 Å². The zero-order chi connectivity index (χ0) is 24.4. The van der Waals surface area contributed by atoms with Crippen molar-refractivity contribution in [3.63, 3.8) is 0 Å². The van der Waals surface area contributed by atoms with Crippen LogP contribution in [0, 0.1) is 0 Å². The Labute approximate surface area is 214 Å². The van der Waals surface area contributed by atoms with E-state index in [4.69, 9.17) is 5.73 Å². The number of halogens is 2. The molecular weight excluding hydrogens is 566 g/mol. The van der Waals surface area contributed by atoms with Gasteiger partial charge in [0.05, 0.1) is 16.7 Å². The van der Waals surface area contributed by atoms with E-state index in [0.29, 0.717) is 32.3 Å². The van der Waals surface area contributed by atoms with Crippen molar-refractivity contribution in [2.75, 3.05) is 30.7 Å². The van der Waals surface area contributed by atoms with E-state index in [9.17, 15) is 14.4 Å². The number of piperidine rings is 1. The molecule has 4 N–H and O–H groups in total. The summed E-state index contributed by atoms with van der Waals surface area (Å²) in [6, 6.07) is 9.15. The number of carbonyl (C=O) groups excluding carboxylic acids is 2. The van der Waals surface area contributed by atoms with Crippen molar-refractivity contribution in [2.45, 2.75) is 38.6 Å².